The summed E-state index contributed by atoms with van der Waals surface area (Å²) in [4.78, 5) is 0. The Morgan fingerprint density at radius 3 is 2.14 bits per heavy atom. The van der Waals surface area contributed by atoms with Crippen molar-refractivity contribution in [2.75, 3.05) is 0 Å². The summed E-state index contributed by atoms with van der Waals surface area (Å²) in [6.07, 6.45) is 6.89. The van der Waals surface area contributed by atoms with Crippen LogP contribution in [0.15, 0.2) is 133 Å². The van der Waals surface area contributed by atoms with Crippen LogP contribution in [0, 0.1) is 23.7 Å². The first kappa shape index (κ1) is 29.5. The van der Waals surface area contributed by atoms with Crippen LogP contribution in [0.2, 0.25) is 0 Å². The molecule has 240 valence electrons. The van der Waals surface area contributed by atoms with Crippen LogP contribution in [0.1, 0.15) is 57.1 Å². The highest BCUT2D eigenvalue weighted by molar-refractivity contribution is 7.26. The van der Waals surface area contributed by atoms with E-state index in [4.69, 9.17) is 0 Å². The van der Waals surface area contributed by atoms with Crippen molar-refractivity contribution in [3.8, 4) is 44.5 Å². The number of benzene rings is 6. The van der Waals surface area contributed by atoms with Crippen LogP contribution in [0.5, 0.6) is 0 Å². The van der Waals surface area contributed by atoms with Crippen LogP contribution in [-0.4, -0.2) is 0 Å². The van der Waals surface area contributed by atoms with Gasteiger partial charge in [0.25, 0.3) is 0 Å². The smallest absolute Gasteiger partial charge is 0.0440 e. The van der Waals surface area contributed by atoms with E-state index in [1.807, 2.05) is 11.3 Å². The van der Waals surface area contributed by atoms with E-state index in [1.165, 1.54) is 96.8 Å². The molecule has 1 heteroatoms. The number of hydrogen-bond acceptors (Lipinski definition) is 1. The van der Waals surface area contributed by atoms with Gasteiger partial charge in [0.1, 0.15) is 0 Å². The Kier molecular flexibility index (Phi) is 6.79. The van der Waals surface area contributed by atoms with Gasteiger partial charge < -0.3 is 0 Å². The predicted octanol–water partition coefficient (Wildman–Crippen LogP) is 13.8. The fourth-order valence-corrected chi connectivity index (χ4v) is 12.2. The Bertz CT molecular complexity index is 2370. The second kappa shape index (κ2) is 11.3. The fourth-order valence-electron chi connectivity index (χ4n) is 10.9. The topological polar surface area (TPSA) is 0 Å². The molecule has 0 radical (unpaired) electrons. The molecule has 0 nitrogen and oxygen atoms in total. The van der Waals surface area contributed by atoms with Crippen molar-refractivity contribution < 1.29 is 0 Å². The van der Waals surface area contributed by atoms with Crippen molar-refractivity contribution in [1.29, 1.82) is 0 Å². The molecule has 1 aromatic heterocycles. The van der Waals surface area contributed by atoms with E-state index in [0.29, 0.717) is 5.92 Å². The molecule has 2 bridgehead atoms. The summed E-state index contributed by atoms with van der Waals surface area (Å²) in [5, 5.41) is 2.74. The molecule has 49 heavy (non-hydrogen) atoms. The third-order valence-electron chi connectivity index (χ3n) is 12.9. The molecular formula is C48H42S. The van der Waals surface area contributed by atoms with Gasteiger partial charge in [0.2, 0.25) is 0 Å². The van der Waals surface area contributed by atoms with E-state index in [9.17, 15) is 0 Å². The molecule has 2 saturated carbocycles. The largest absolute Gasteiger partial charge is 0.135 e. The standard InChI is InChI=1S/C48H42S/c1-3-31-26-32-25-30(2)48(35(27-31)28-32)43-19-11-9-17-39(43)42-29-34(21-24-44(42)48)37-22-23-40(47-46(37)41-18-10-12-20-45(41)49-47)38-16-8-7-15-36(38)33-13-5-4-6-14-33/h4-24,29-32,35H,3,25-28H2,1-2H3. The van der Waals surface area contributed by atoms with Crippen molar-refractivity contribution >= 4 is 31.5 Å². The van der Waals surface area contributed by atoms with Gasteiger partial charge in [0.05, 0.1) is 0 Å². The summed E-state index contributed by atoms with van der Waals surface area (Å²) >= 11 is 1.94. The number of rotatable bonds is 4. The summed E-state index contributed by atoms with van der Waals surface area (Å²) < 4.78 is 2.72. The minimum absolute atomic E-state index is 0.129. The molecule has 3 aliphatic carbocycles. The Morgan fingerprint density at radius 2 is 1.29 bits per heavy atom. The molecule has 1 spiro atoms. The van der Waals surface area contributed by atoms with E-state index >= 15 is 0 Å². The van der Waals surface area contributed by atoms with Crippen LogP contribution in [0.25, 0.3) is 64.7 Å². The Morgan fingerprint density at radius 1 is 0.571 bits per heavy atom. The summed E-state index contributed by atoms with van der Waals surface area (Å²) in [5.41, 5.74) is 14.1. The lowest BCUT2D eigenvalue weighted by atomic mass is 9.49. The van der Waals surface area contributed by atoms with Crippen molar-refractivity contribution in [3.63, 3.8) is 0 Å². The molecule has 7 aromatic rings. The van der Waals surface area contributed by atoms with Crippen molar-refractivity contribution in [1.82, 2.24) is 0 Å². The average Bonchev–Trinajstić information content (AvgIpc) is 3.68. The highest BCUT2D eigenvalue weighted by atomic mass is 32.1. The average molecular weight is 651 g/mol. The number of thiophene rings is 1. The lowest BCUT2D eigenvalue weighted by molar-refractivity contribution is 0.0368. The molecule has 2 fully saturated rings. The summed E-state index contributed by atoms with van der Waals surface area (Å²) in [6, 6.07) is 50.7. The summed E-state index contributed by atoms with van der Waals surface area (Å²) in [7, 11) is 0. The lowest BCUT2D eigenvalue weighted by Gasteiger charge is -2.54. The van der Waals surface area contributed by atoms with Crippen LogP contribution in [-0.2, 0) is 5.41 Å². The maximum Gasteiger partial charge on any atom is 0.0440 e. The van der Waals surface area contributed by atoms with Gasteiger partial charge in [-0.3, -0.25) is 0 Å². The summed E-state index contributed by atoms with van der Waals surface area (Å²) in [6.45, 7) is 5.00. The van der Waals surface area contributed by atoms with E-state index in [2.05, 4.69) is 147 Å². The Hall–Kier alpha value is -4.46. The first-order valence-corrected chi connectivity index (χ1v) is 19.3. The van der Waals surface area contributed by atoms with Crippen LogP contribution < -0.4 is 0 Å². The second-order valence-corrected chi connectivity index (χ2v) is 16.3. The van der Waals surface area contributed by atoms with E-state index in [-0.39, 0.29) is 5.41 Å². The van der Waals surface area contributed by atoms with Gasteiger partial charge in [0, 0.05) is 31.2 Å². The van der Waals surface area contributed by atoms with Gasteiger partial charge >= 0.3 is 0 Å². The van der Waals surface area contributed by atoms with E-state index < -0.39 is 0 Å². The molecular weight excluding hydrogens is 609 g/mol. The monoisotopic (exact) mass is 650 g/mol. The first-order chi connectivity index (χ1) is 24.1. The van der Waals surface area contributed by atoms with Gasteiger partial charge in [-0.2, -0.15) is 0 Å². The quantitative estimate of drug-likeness (QED) is 0.178. The highest BCUT2D eigenvalue weighted by Crippen LogP contribution is 2.65. The Labute approximate surface area is 294 Å². The first-order valence-electron chi connectivity index (χ1n) is 18.5. The highest BCUT2D eigenvalue weighted by Gasteiger charge is 2.56. The normalized spacial score (nSPS) is 24.0. The van der Waals surface area contributed by atoms with Gasteiger partial charge in [-0.1, -0.05) is 142 Å². The van der Waals surface area contributed by atoms with Crippen LogP contribution in [0.4, 0.5) is 0 Å². The third kappa shape index (κ3) is 4.28. The second-order valence-electron chi connectivity index (χ2n) is 15.2. The molecule has 5 atom stereocenters. The predicted molar refractivity (Wildman–Crippen MR) is 210 cm³/mol. The fraction of sp³-hybridized carbons (Fsp3) is 0.250. The maximum absolute atomic E-state index is 2.58. The number of fused-ring (bicyclic) bond motifs is 11. The van der Waals surface area contributed by atoms with Gasteiger partial charge in [0.15, 0.2) is 0 Å². The van der Waals surface area contributed by atoms with Crippen molar-refractivity contribution in [3.05, 3.63) is 145 Å². The van der Waals surface area contributed by atoms with Gasteiger partial charge in [-0.25, -0.2) is 0 Å². The molecule has 0 aliphatic heterocycles. The van der Waals surface area contributed by atoms with E-state index in [0.717, 1.165) is 17.8 Å². The zero-order valence-electron chi connectivity index (χ0n) is 28.5. The zero-order valence-corrected chi connectivity index (χ0v) is 29.3. The molecule has 5 unspecified atom stereocenters. The van der Waals surface area contributed by atoms with Crippen molar-refractivity contribution in [2.24, 2.45) is 23.7 Å². The lowest BCUT2D eigenvalue weighted by Crippen LogP contribution is -2.49. The minimum atomic E-state index is 0.129. The molecule has 6 aromatic carbocycles. The van der Waals surface area contributed by atoms with Crippen molar-refractivity contribution in [2.45, 2.75) is 51.4 Å². The molecule has 3 aliphatic rings. The van der Waals surface area contributed by atoms with Gasteiger partial charge in [-0.05, 0) is 112 Å². The summed E-state index contributed by atoms with van der Waals surface area (Å²) in [5.74, 6) is 3.14. The molecule has 10 rings (SSSR count). The molecule has 0 N–H and O–H groups in total. The third-order valence-corrected chi connectivity index (χ3v) is 14.1. The Balaban J connectivity index is 1.18. The maximum atomic E-state index is 2.58. The van der Waals surface area contributed by atoms with Gasteiger partial charge in [-0.15, -0.1) is 11.3 Å². The van der Waals surface area contributed by atoms with Crippen LogP contribution >= 0.6 is 11.3 Å². The molecule has 0 amide bonds. The van der Waals surface area contributed by atoms with Crippen LogP contribution in [0.3, 0.4) is 0 Å². The number of hydrogen-bond donors (Lipinski definition) is 0. The van der Waals surface area contributed by atoms with E-state index in [1.54, 1.807) is 11.1 Å². The zero-order chi connectivity index (χ0) is 32.7. The SMILES string of the molecule is CCC1CC2CC(C)C3(c4ccccc4-c4cc(-c5ccc(-c6ccccc6-c6ccccc6)c6sc7ccccc7c56)ccc43)C(C1)C2. The molecule has 1 heterocycles. The minimum Gasteiger partial charge on any atom is -0.135 e. The molecule has 0 saturated heterocycles.